The summed E-state index contributed by atoms with van der Waals surface area (Å²) in [5.41, 5.74) is 6.05. The van der Waals surface area contributed by atoms with Gasteiger partial charge in [0.2, 0.25) is 0 Å². The molecule has 86 valence electrons. The predicted molar refractivity (Wildman–Crippen MR) is 67.7 cm³/mol. The number of rotatable bonds is 4. The van der Waals surface area contributed by atoms with Crippen LogP contribution in [0.4, 0.5) is 0 Å². The summed E-state index contributed by atoms with van der Waals surface area (Å²) in [6.45, 7) is 13.6. The standard InChI is InChI=1S/C14H25N/c1-7-11-13(9(3)4)12(8-2)15-14(11)10(5)6/h9-10,15H,7-8H2,1-6H3. The first-order valence-corrected chi connectivity index (χ1v) is 6.26. The maximum Gasteiger partial charge on any atom is 0.0210 e. The Hall–Kier alpha value is -0.720. The van der Waals surface area contributed by atoms with Crippen molar-refractivity contribution in [2.75, 3.05) is 0 Å². The maximum absolute atomic E-state index is 3.63. The highest BCUT2D eigenvalue weighted by molar-refractivity contribution is 5.40. The molecule has 0 fully saturated rings. The minimum Gasteiger partial charge on any atom is -0.362 e. The van der Waals surface area contributed by atoms with Gasteiger partial charge in [-0.15, -0.1) is 0 Å². The first-order valence-electron chi connectivity index (χ1n) is 6.26. The van der Waals surface area contributed by atoms with Gasteiger partial charge in [-0.1, -0.05) is 41.5 Å². The molecule has 0 aliphatic rings. The third-order valence-electron chi connectivity index (χ3n) is 3.12. The van der Waals surface area contributed by atoms with Crippen molar-refractivity contribution in [3.05, 3.63) is 22.5 Å². The Morgan fingerprint density at radius 1 is 0.933 bits per heavy atom. The topological polar surface area (TPSA) is 15.8 Å². The van der Waals surface area contributed by atoms with Crippen LogP contribution in [0.2, 0.25) is 0 Å². The molecular formula is C14H25N. The normalized spacial score (nSPS) is 11.7. The molecule has 0 aliphatic heterocycles. The third kappa shape index (κ3) is 2.27. The van der Waals surface area contributed by atoms with E-state index in [-0.39, 0.29) is 0 Å². The number of H-pyrrole nitrogens is 1. The summed E-state index contributed by atoms with van der Waals surface area (Å²) in [5, 5.41) is 0. The molecule has 15 heavy (non-hydrogen) atoms. The van der Waals surface area contributed by atoms with Gasteiger partial charge in [0.15, 0.2) is 0 Å². The minimum atomic E-state index is 0.609. The van der Waals surface area contributed by atoms with Crippen LogP contribution in [-0.2, 0) is 12.8 Å². The van der Waals surface area contributed by atoms with E-state index in [0.717, 1.165) is 12.8 Å². The lowest BCUT2D eigenvalue weighted by molar-refractivity contribution is 0.803. The Morgan fingerprint density at radius 3 is 1.87 bits per heavy atom. The summed E-state index contributed by atoms with van der Waals surface area (Å²) in [6, 6.07) is 0. The number of aryl methyl sites for hydroxylation is 1. The molecule has 0 saturated carbocycles. The zero-order valence-electron chi connectivity index (χ0n) is 11.1. The van der Waals surface area contributed by atoms with E-state index in [2.05, 4.69) is 46.5 Å². The van der Waals surface area contributed by atoms with E-state index in [9.17, 15) is 0 Å². The van der Waals surface area contributed by atoms with Crippen molar-refractivity contribution >= 4 is 0 Å². The van der Waals surface area contributed by atoms with Gasteiger partial charge < -0.3 is 4.98 Å². The predicted octanol–water partition coefficient (Wildman–Crippen LogP) is 4.39. The van der Waals surface area contributed by atoms with E-state index in [1.54, 1.807) is 11.1 Å². The van der Waals surface area contributed by atoms with Crippen LogP contribution in [-0.4, -0.2) is 4.98 Å². The molecule has 0 radical (unpaired) electrons. The summed E-state index contributed by atoms with van der Waals surface area (Å²) in [6.07, 6.45) is 2.27. The van der Waals surface area contributed by atoms with Crippen LogP contribution in [0.25, 0.3) is 0 Å². The summed E-state index contributed by atoms with van der Waals surface area (Å²) in [4.78, 5) is 3.63. The molecular weight excluding hydrogens is 182 g/mol. The Bertz CT molecular complexity index is 318. The number of hydrogen-bond donors (Lipinski definition) is 1. The van der Waals surface area contributed by atoms with Gasteiger partial charge >= 0.3 is 0 Å². The Kier molecular flexibility index (Phi) is 4.01. The SMILES string of the molecule is CCc1[nH]c(C(C)C)c(CC)c1C(C)C. The van der Waals surface area contributed by atoms with Crippen LogP contribution < -0.4 is 0 Å². The average Bonchev–Trinajstić information content (AvgIpc) is 2.55. The number of hydrogen-bond acceptors (Lipinski definition) is 0. The summed E-state index contributed by atoms with van der Waals surface area (Å²) >= 11 is 0. The van der Waals surface area contributed by atoms with Crippen LogP contribution in [0, 0.1) is 0 Å². The van der Waals surface area contributed by atoms with Gasteiger partial charge in [0.05, 0.1) is 0 Å². The second kappa shape index (κ2) is 4.87. The van der Waals surface area contributed by atoms with E-state index in [0.29, 0.717) is 11.8 Å². The first kappa shape index (κ1) is 12.4. The zero-order valence-corrected chi connectivity index (χ0v) is 11.1. The van der Waals surface area contributed by atoms with Gasteiger partial charge in [-0.25, -0.2) is 0 Å². The van der Waals surface area contributed by atoms with Gasteiger partial charge in [-0.2, -0.15) is 0 Å². The van der Waals surface area contributed by atoms with Crippen molar-refractivity contribution in [2.45, 2.75) is 66.2 Å². The van der Waals surface area contributed by atoms with Gasteiger partial charge in [-0.05, 0) is 35.8 Å². The van der Waals surface area contributed by atoms with Crippen molar-refractivity contribution in [1.29, 1.82) is 0 Å². The summed E-state index contributed by atoms with van der Waals surface area (Å²) in [7, 11) is 0. The molecule has 0 saturated heterocycles. The Morgan fingerprint density at radius 2 is 1.53 bits per heavy atom. The molecule has 1 nitrogen and oxygen atoms in total. The van der Waals surface area contributed by atoms with Crippen molar-refractivity contribution in [2.24, 2.45) is 0 Å². The van der Waals surface area contributed by atoms with Crippen molar-refractivity contribution in [1.82, 2.24) is 4.98 Å². The van der Waals surface area contributed by atoms with E-state index in [1.807, 2.05) is 0 Å². The molecule has 1 N–H and O–H groups in total. The van der Waals surface area contributed by atoms with E-state index >= 15 is 0 Å². The fourth-order valence-corrected chi connectivity index (χ4v) is 2.48. The van der Waals surface area contributed by atoms with Crippen molar-refractivity contribution < 1.29 is 0 Å². The summed E-state index contributed by atoms with van der Waals surface area (Å²) in [5.74, 6) is 1.25. The quantitative estimate of drug-likeness (QED) is 0.754. The summed E-state index contributed by atoms with van der Waals surface area (Å²) < 4.78 is 0. The highest BCUT2D eigenvalue weighted by atomic mass is 14.7. The molecule has 1 heteroatoms. The largest absolute Gasteiger partial charge is 0.362 e. The third-order valence-corrected chi connectivity index (χ3v) is 3.12. The van der Waals surface area contributed by atoms with Gasteiger partial charge in [-0.3, -0.25) is 0 Å². The van der Waals surface area contributed by atoms with E-state index in [1.165, 1.54) is 11.4 Å². The lowest BCUT2D eigenvalue weighted by Gasteiger charge is -2.10. The molecule has 0 unspecified atom stereocenters. The number of aromatic amines is 1. The zero-order chi connectivity index (χ0) is 11.6. The van der Waals surface area contributed by atoms with E-state index in [4.69, 9.17) is 0 Å². The van der Waals surface area contributed by atoms with Crippen LogP contribution in [0.1, 0.15) is 75.9 Å². The molecule has 0 amide bonds. The molecule has 0 aliphatic carbocycles. The van der Waals surface area contributed by atoms with Crippen LogP contribution in [0.5, 0.6) is 0 Å². The molecule has 1 aromatic rings. The highest BCUT2D eigenvalue weighted by Gasteiger charge is 2.18. The van der Waals surface area contributed by atoms with Gasteiger partial charge in [0.1, 0.15) is 0 Å². The Labute approximate surface area is 94.3 Å². The van der Waals surface area contributed by atoms with Crippen LogP contribution in [0.15, 0.2) is 0 Å². The molecule has 1 heterocycles. The molecule has 0 bridgehead atoms. The highest BCUT2D eigenvalue weighted by Crippen LogP contribution is 2.31. The Balaban J connectivity index is 3.32. The van der Waals surface area contributed by atoms with Gasteiger partial charge in [0, 0.05) is 11.4 Å². The monoisotopic (exact) mass is 207 g/mol. The molecule has 0 atom stereocenters. The van der Waals surface area contributed by atoms with Gasteiger partial charge in [0.25, 0.3) is 0 Å². The number of nitrogens with one attached hydrogen (secondary N) is 1. The minimum absolute atomic E-state index is 0.609. The average molecular weight is 207 g/mol. The molecule has 1 aromatic heterocycles. The first-order chi connectivity index (χ1) is 7.02. The van der Waals surface area contributed by atoms with Crippen molar-refractivity contribution in [3.63, 3.8) is 0 Å². The fourth-order valence-electron chi connectivity index (χ4n) is 2.48. The fraction of sp³-hybridized carbons (Fsp3) is 0.714. The second-order valence-corrected chi connectivity index (χ2v) is 4.93. The van der Waals surface area contributed by atoms with Crippen LogP contribution in [0.3, 0.4) is 0 Å². The lowest BCUT2D eigenvalue weighted by atomic mass is 9.93. The number of aromatic nitrogens is 1. The molecule has 1 rings (SSSR count). The maximum atomic E-state index is 3.63. The van der Waals surface area contributed by atoms with Crippen LogP contribution >= 0.6 is 0 Å². The second-order valence-electron chi connectivity index (χ2n) is 4.93. The lowest BCUT2D eigenvalue weighted by Crippen LogP contribution is -1.97. The smallest absolute Gasteiger partial charge is 0.0210 e. The van der Waals surface area contributed by atoms with E-state index < -0.39 is 0 Å². The molecule has 0 aromatic carbocycles. The van der Waals surface area contributed by atoms with Crippen molar-refractivity contribution in [3.8, 4) is 0 Å². The molecule has 0 spiro atoms.